The van der Waals surface area contributed by atoms with E-state index in [1.165, 1.54) is 5.56 Å². The van der Waals surface area contributed by atoms with Crippen LogP contribution in [0.1, 0.15) is 16.7 Å². The Labute approximate surface area is 101 Å². The van der Waals surface area contributed by atoms with Crippen LogP contribution in [-0.4, -0.2) is 9.78 Å². The molecular weight excluding hydrogens is 214 g/mol. The van der Waals surface area contributed by atoms with Crippen molar-refractivity contribution in [2.24, 2.45) is 7.05 Å². The van der Waals surface area contributed by atoms with Gasteiger partial charge in [0, 0.05) is 7.05 Å². The molecule has 0 bridgehead atoms. The maximum atomic E-state index is 5.81. The van der Waals surface area contributed by atoms with Gasteiger partial charge in [-0.2, -0.15) is 0 Å². The van der Waals surface area contributed by atoms with Crippen LogP contribution in [0, 0.1) is 20.8 Å². The lowest BCUT2D eigenvalue weighted by molar-refractivity contribution is 0.452. The van der Waals surface area contributed by atoms with Gasteiger partial charge in [0.2, 0.25) is 0 Å². The van der Waals surface area contributed by atoms with E-state index in [0.29, 0.717) is 11.6 Å². The van der Waals surface area contributed by atoms with Crippen molar-refractivity contribution in [1.29, 1.82) is 0 Å². The number of aryl methyl sites for hydroxylation is 3. The molecule has 2 aromatic rings. The van der Waals surface area contributed by atoms with Gasteiger partial charge in [0.05, 0.1) is 6.20 Å². The molecule has 0 radical (unpaired) electrons. The van der Waals surface area contributed by atoms with Crippen LogP contribution < -0.4 is 10.5 Å². The molecule has 1 heterocycles. The lowest BCUT2D eigenvalue weighted by Gasteiger charge is -2.10. The number of benzene rings is 1. The van der Waals surface area contributed by atoms with Crippen molar-refractivity contribution in [3.8, 4) is 11.6 Å². The Morgan fingerprint density at radius 2 is 1.94 bits per heavy atom. The zero-order chi connectivity index (χ0) is 12.6. The summed E-state index contributed by atoms with van der Waals surface area (Å²) >= 11 is 0. The van der Waals surface area contributed by atoms with Crippen LogP contribution in [0.25, 0.3) is 0 Å². The second-order valence-electron chi connectivity index (χ2n) is 4.37. The van der Waals surface area contributed by atoms with E-state index < -0.39 is 0 Å². The summed E-state index contributed by atoms with van der Waals surface area (Å²) in [4.78, 5) is 0. The van der Waals surface area contributed by atoms with Gasteiger partial charge in [-0.15, -0.1) is 5.10 Å². The molecule has 0 saturated carbocycles. The number of hydrogen-bond donors (Lipinski definition) is 1. The van der Waals surface area contributed by atoms with Crippen LogP contribution in [0.4, 0.5) is 5.69 Å². The van der Waals surface area contributed by atoms with Crippen LogP contribution in [0.2, 0.25) is 0 Å². The Morgan fingerprint density at radius 3 is 2.53 bits per heavy atom. The standard InChI is InChI=1S/C13H17N3O/c1-8-5-9(2)10(3)12(6-8)17-13-11(14)7-16(4)15-13/h5-7H,14H2,1-4H3. The second kappa shape index (κ2) is 4.13. The molecule has 0 amide bonds. The van der Waals surface area contributed by atoms with Crippen LogP contribution in [0.15, 0.2) is 18.3 Å². The van der Waals surface area contributed by atoms with E-state index in [9.17, 15) is 0 Å². The van der Waals surface area contributed by atoms with Gasteiger partial charge in [-0.25, -0.2) is 0 Å². The first-order valence-electron chi connectivity index (χ1n) is 5.52. The molecule has 0 atom stereocenters. The third kappa shape index (κ3) is 2.25. The zero-order valence-electron chi connectivity index (χ0n) is 10.6. The molecule has 1 aromatic heterocycles. The lowest BCUT2D eigenvalue weighted by atomic mass is 10.1. The number of rotatable bonds is 2. The molecule has 0 saturated heterocycles. The minimum Gasteiger partial charge on any atom is -0.436 e. The first kappa shape index (κ1) is 11.5. The highest BCUT2D eigenvalue weighted by molar-refractivity contribution is 5.50. The fraction of sp³-hybridized carbons (Fsp3) is 0.308. The number of nitrogens with zero attached hydrogens (tertiary/aromatic N) is 2. The first-order chi connectivity index (χ1) is 7.97. The van der Waals surface area contributed by atoms with Crippen molar-refractivity contribution in [3.63, 3.8) is 0 Å². The number of ether oxygens (including phenoxy) is 1. The van der Waals surface area contributed by atoms with E-state index >= 15 is 0 Å². The van der Waals surface area contributed by atoms with E-state index in [2.05, 4.69) is 18.1 Å². The molecule has 0 fully saturated rings. The fourth-order valence-corrected chi connectivity index (χ4v) is 1.78. The van der Waals surface area contributed by atoms with Gasteiger partial charge in [-0.3, -0.25) is 4.68 Å². The molecule has 0 unspecified atom stereocenters. The van der Waals surface area contributed by atoms with Crippen LogP contribution >= 0.6 is 0 Å². The minimum absolute atomic E-state index is 0.459. The van der Waals surface area contributed by atoms with Crippen LogP contribution in [-0.2, 0) is 7.05 Å². The summed E-state index contributed by atoms with van der Waals surface area (Å²) in [6.07, 6.45) is 1.73. The zero-order valence-corrected chi connectivity index (χ0v) is 10.6. The number of anilines is 1. The van der Waals surface area contributed by atoms with E-state index in [-0.39, 0.29) is 0 Å². The smallest absolute Gasteiger partial charge is 0.261 e. The van der Waals surface area contributed by atoms with Gasteiger partial charge >= 0.3 is 0 Å². The maximum Gasteiger partial charge on any atom is 0.261 e. The summed E-state index contributed by atoms with van der Waals surface area (Å²) in [7, 11) is 1.82. The molecule has 0 aliphatic rings. The van der Waals surface area contributed by atoms with Crippen molar-refractivity contribution in [2.45, 2.75) is 20.8 Å². The van der Waals surface area contributed by atoms with E-state index in [1.54, 1.807) is 10.9 Å². The quantitative estimate of drug-likeness (QED) is 0.864. The Bertz CT molecular complexity index is 558. The Hall–Kier alpha value is -1.97. The third-order valence-corrected chi connectivity index (χ3v) is 2.79. The molecular formula is C13H17N3O. The molecule has 1 aromatic carbocycles. The predicted octanol–water partition coefficient (Wildman–Crippen LogP) is 2.72. The highest BCUT2D eigenvalue weighted by atomic mass is 16.5. The van der Waals surface area contributed by atoms with Gasteiger partial charge in [-0.05, 0) is 43.5 Å². The van der Waals surface area contributed by atoms with E-state index in [1.807, 2.05) is 27.0 Å². The maximum absolute atomic E-state index is 5.81. The van der Waals surface area contributed by atoms with Gasteiger partial charge < -0.3 is 10.5 Å². The van der Waals surface area contributed by atoms with Gasteiger partial charge in [0.1, 0.15) is 11.4 Å². The fourth-order valence-electron chi connectivity index (χ4n) is 1.78. The third-order valence-electron chi connectivity index (χ3n) is 2.79. The molecule has 0 aliphatic carbocycles. The summed E-state index contributed by atoms with van der Waals surface area (Å²) in [6, 6.07) is 4.13. The van der Waals surface area contributed by atoms with Crippen LogP contribution in [0.3, 0.4) is 0 Å². The molecule has 2 rings (SSSR count). The average molecular weight is 231 g/mol. The summed E-state index contributed by atoms with van der Waals surface area (Å²) in [5.41, 5.74) is 9.83. The van der Waals surface area contributed by atoms with Crippen molar-refractivity contribution < 1.29 is 4.74 Å². The topological polar surface area (TPSA) is 53.1 Å². The van der Waals surface area contributed by atoms with Gasteiger partial charge in [0.25, 0.3) is 5.88 Å². The SMILES string of the molecule is Cc1cc(C)c(C)c(Oc2nn(C)cc2N)c1. The summed E-state index contributed by atoms with van der Waals surface area (Å²) in [6.45, 7) is 6.14. The monoisotopic (exact) mass is 231 g/mol. The molecule has 4 nitrogen and oxygen atoms in total. The highest BCUT2D eigenvalue weighted by Crippen LogP contribution is 2.30. The van der Waals surface area contributed by atoms with E-state index in [0.717, 1.165) is 16.9 Å². The molecule has 0 aliphatic heterocycles. The molecule has 2 N–H and O–H groups in total. The van der Waals surface area contributed by atoms with Crippen molar-refractivity contribution in [3.05, 3.63) is 35.0 Å². The molecule has 0 spiro atoms. The van der Waals surface area contributed by atoms with Crippen molar-refractivity contribution in [2.75, 3.05) is 5.73 Å². The highest BCUT2D eigenvalue weighted by Gasteiger charge is 2.10. The second-order valence-corrected chi connectivity index (χ2v) is 4.37. The largest absolute Gasteiger partial charge is 0.436 e. The Kier molecular flexibility index (Phi) is 2.79. The van der Waals surface area contributed by atoms with Crippen molar-refractivity contribution >= 4 is 5.69 Å². The lowest BCUT2D eigenvalue weighted by Crippen LogP contribution is -1.95. The molecule has 4 heteroatoms. The molecule has 17 heavy (non-hydrogen) atoms. The molecule has 90 valence electrons. The summed E-state index contributed by atoms with van der Waals surface area (Å²) in [5.74, 6) is 1.27. The summed E-state index contributed by atoms with van der Waals surface area (Å²) < 4.78 is 7.41. The van der Waals surface area contributed by atoms with Gasteiger partial charge in [-0.1, -0.05) is 6.07 Å². The van der Waals surface area contributed by atoms with Crippen LogP contribution in [0.5, 0.6) is 11.6 Å². The predicted molar refractivity (Wildman–Crippen MR) is 68.3 cm³/mol. The number of nitrogens with two attached hydrogens (primary N) is 1. The minimum atomic E-state index is 0.459. The summed E-state index contributed by atoms with van der Waals surface area (Å²) in [5, 5.41) is 4.18. The average Bonchev–Trinajstić information content (AvgIpc) is 2.53. The number of nitrogen functional groups attached to an aromatic ring is 1. The number of aromatic nitrogens is 2. The Balaban J connectivity index is 2.39. The normalized spacial score (nSPS) is 10.6. The van der Waals surface area contributed by atoms with Gasteiger partial charge in [0.15, 0.2) is 0 Å². The van der Waals surface area contributed by atoms with E-state index in [4.69, 9.17) is 10.5 Å². The Morgan fingerprint density at radius 1 is 1.24 bits per heavy atom. The van der Waals surface area contributed by atoms with Crippen molar-refractivity contribution in [1.82, 2.24) is 9.78 Å². The first-order valence-corrected chi connectivity index (χ1v) is 5.52. The number of hydrogen-bond acceptors (Lipinski definition) is 3.